The van der Waals surface area contributed by atoms with E-state index >= 15 is 0 Å². The highest BCUT2D eigenvalue weighted by atomic mass is 19.1. The van der Waals surface area contributed by atoms with Crippen molar-refractivity contribution < 1.29 is 9.13 Å². The summed E-state index contributed by atoms with van der Waals surface area (Å²) in [6.45, 7) is 3.79. The van der Waals surface area contributed by atoms with Gasteiger partial charge in [0.2, 0.25) is 0 Å². The van der Waals surface area contributed by atoms with Crippen molar-refractivity contribution in [1.29, 1.82) is 0 Å². The molecule has 2 nitrogen and oxygen atoms in total. The zero-order chi connectivity index (χ0) is 12.3. The van der Waals surface area contributed by atoms with E-state index in [9.17, 15) is 4.39 Å². The molecule has 1 saturated carbocycles. The molecule has 0 saturated heterocycles. The molecule has 17 heavy (non-hydrogen) atoms. The molecule has 1 N–H and O–H groups in total. The lowest BCUT2D eigenvalue weighted by atomic mass is 10.1. The summed E-state index contributed by atoms with van der Waals surface area (Å²) in [5, 5.41) is 3.32. The normalized spacial score (nSPS) is 16.9. The second kappa shape index (κ2) is 5.50. The maximum atomic E-state index is 13.8. The number of benzene rings is 1. The monoisotopic (exact) mass is 237 g/mol. The predicted octanol–water partition coefficient (Wildman–Crippen LogP) is 2.97. The summed E-state index contributed by atoms with van der Waals surface area (Å²) in [6, 6.07) is 5.27. The molecule has 1 unspecified atom stereocenters. The van der Waals surface area contributed by atoms with Gasteiger partial charge in [0.05, 0.1) is 7.11 Å². The molecule has 0 heterocycles. The van der Waals surface area contributed by atoms with Gasteiger partial charge in [-0.05, 0) is 37.3 Å². The number of rotatable bonds is 6. The molecule has 3 heteroatoms. The number of nitrogens with one attached hydrogen (secondary N) is 1. The van der Waals surface area contributed by atoms with E-state index in [1.165, 1.54) is 20.0 Å². The molecule has 2 rings (SSSR count). The van der Waals surface area contributed by atoms with Gasteiger partial charge in [-0.3, -0.25) is 0 Å². The van der Waals surface area contributed by atoms with Crippen LogP contribution in [0.25, 0.3) is 0 Å². The van der Waals surface area contributed by atoms with Crippen LogP contribution in [0.1, 0.15) is 25.3 Å². The van der Waals surface area contributed by atoms with Crippen molar-refractivity contribution in [2.75, 3.05) is 13.7 Å². The molecule has 1 aromatic rings. The Morgan fingerprint density at radius 3 is 2.88 bits per heavy atom. The highest BCUT2D eigenvalue weighted by Gasteiger charge is 2.27. The van der Waals surface area contributed by atoms with Gasteiger partial charge in [0, 0.05) is 12.1 Å². The molecule has 0 bridgehead atoms. The Balaban J connectivity index is 1.85. The number of ether oxygens (including phenoxy) is 1. The first kappa shape index (κ1) is 12.4. The van der Waals surface area contributed by atoms with Gasteiger partial charge in [0.1, 0.15) is 0 Å². The minimum Gasteiger partial charge on any atom is -0.494 e. The standard InChI is InChI=1S/C14H20FNO/c1-10(11-6-7-11)8-16-9-12-4-3-5-13(17-2)14(12)15/h3-5,10-11,16H,6-9H2,1-2H3. The Hall–Kier alpha value is -1.09. The van der Waals surface area contributed by atoms with Crippen LogP contribution in [-0.2, 0) is 6.54 Å². The van der Waals surface area contributed by atoms with Crippen molar-refractivity contribution >= 4 is 0 Å². The Labute approximate surface area is 102 Å². The quantitative estimate of drug-likeness (QED) is 0.821. The molecule has 94 valence electrons. The van der Waals surface area contributed by atoms with Crippen LogP contribution in [-0.4, -0.2) is 13.7 Å². The highest BCUT2D eigenvalue weighted by molar-refractivity contribution is 5.30. The topological polar surface area (TPSA) is 21.3 Å². The van der Waals surface area contributed by atoms with Crippen LogP contribution in [0, 0.1) is 17.7 Å². The van der Waals surface area contributed by atoms with E-state index in [0.29, 0.717) is 23.8 Å². The molecule has 0 aliphatic heterocycles. The van der Waals surface area contributed by atoms with Gasteiger partial charge in [0.15, 0.2) is 11.6 Å². The molecule has 1 fully saturated rings. The van der Waals surface area contributed by atoms with Crippen LogP contribution < -0.4 is 10.1 Å². The van der Waals surface area contributed by atoms with Crippen LogP contribution in [0.15, 0.2) is 18.2 Å². The summed E-state index contributed by atoms with van der Waals surface area (Å²) in [4.78, 5) is 0. The average Bonchev–Trinajstić information content (AvgIpc) is 3.15. The lowest BCUT2D eigenvalue weighted by Crippen LogP contribution is -2.22. The summed E-state index contributed by atoms with van der Waals surface area (Å²) in [6.07, 6.45) is 2.72. The largest absolute Gasteiger partial charge is 0.494 e. The summed E-state index contributed by atoms with van der Waals surface area (Å²) in [5.74, 6) is 1.66. The molecule has 1 aliphatic rings. The van der Waals surface area contributed by atoms with Crippen LogP contribution in [0.3, 0.4) is 0 Å². The Morgan fingerprint density at radius 1 is 1.47 bits per heavy atom. The van der Waals surface area contributed by atoms with Crippen molar-refractivity contribution in [3.05, 3.63) is 29.6 Å². The second-order valence-electron chi connectivity index (χ2n) is 4.88. The lowest BCUT2D eigenvalue weighted by Gasteiger charge is -2.12. The number of hydrogen-bond donors (Lipinski definition) is 1. The van der Waals surface area contributed by atoms with Crippen molar-refractivity contribution in [2.24, 2.45) is 11.8 Å². The SMILES string of the molecule is COc1cccc(CNCC(C)C2CC2)c1F. The second-order valence-corrected chi connectivity index (χ2v) is 4.88. The molecule has 0 spiro atoms. The third-order valence-electron chi connectivity index (χ3n) is 3.47. The molecule has 0 aromatic heterocycles. The number of methoxy groups -OCH3 is 1. The van der Waals surface area contributed by atoms with Gasteiger partial charge in [-0.1, -0.05) is 19.1 Å². The van der Waals surface area contributed by atoms with E-state index in [1.807, 2.05) is 6.07 Å². The van der Waals surface area contributed by atoms with E-state index in [0.717, 1.165) is 12.5 Å². The van der Waals surface area contributed by atoms with E-state index in [1.54, 1.807) is 12.1 Å². The fourth-order valence-corrected chi connectivity index (χ4v) is 2.12. The van der Waals surface area contributed by atoms with Crippen molar-refractivity contribution in [3.8, 4) is 5.75 Å². The predicted molar refractivity (Wildman–Crippen MR) is 66.5 cm³/mol. The molecule has 0 amide bonds. The first-order chi connectivity index (χ1) is 8.22. The smallest absolute Gasteiger partial charge is 0.169 e. The average molecular weight is 237 g/mol. The van der Waals surface area contributed by atoms with Gasteiger partial charge in [-0.15, -0.1) is 0 Å². The van der Waals surface area contributed by atoms with Gasteiger partial charge < -0.3 is 10.1 Å². The maximum Gasteiger partial charge on any atom is 0.169 e. The number of halogens is 1. The first-order valence-corrected chi connectivity index (χ1v) is 6.24. The van der Waals surface area contributed by atoms with E-state index in [-0.39, 0.29) is 5.82 Å². The van der Waals surface area contributed by atoms with Gasteiger partial charge in [-0.2, -0.15) is 0 Å². The van der Waals surface area contributed by atoms with Crippen LogP contribution in [0.2, 0.25) is 0 Å². The zero-order valence-corrected chi connectivity index (χ0v) is 10.5. The van der Waals surface area contributed by atoms with E-state index in [2.05, 4.69) is 12.2 Å². The summed E-state index contributed by atoms with van der Waals surface area (Å²) in [5.41, 5.74) is 0.673. The number of hydrogen-bond acceptors (Lipinski definition) is 2. The zero-order valence-electron chi connectivity index (χ0n) is 10.5. The molecular formula is C14H20FNO. The molecule has 0 radical (unpaired) electrons. The fourth-order valence-electron chi connectivity index (χ4n) is 2.12. The Morgan fingerprint density at radius 2 is 2.24 bits per heavy atom. The third kappa shape index (κ3) is 3.19. The van der Waals surface area contributed by atoms with Gasteiger partial charge >= 0.3 is 0 Å². The highest BCUT2D eigenvalue weighted by Crippen LogP contribution is 2.36. The fraction of sp³-hybridized carbons (Fsp3) is 0.571. The van der Waals surface area contributed by atoms with Crippen LogP contribution >= 0.6 is 0 Å². The van der Waals surface area contributed by atoms with Crippen molar-refractivity contribution in [2.45, 2.75) is 26.3 Å². The Bertz CT molecular complexity index is 376. The van der Waals surface area contributed by atoms with E-state index < -0.39 is 0 Å². The summed E-state index contributed by atoms with van der Waals surface area (Å²) < 4.78 is 18.8. The molecule has 1 atom stereocenters. The molecular weight excluding hydrogens is 217 g/mol. The minimum absolute atomic E-state index is 0.249. The van der Waals surface area contributed by atoms with E-state index in [4.69, 9.17) is 4.74 Å². The molecule has 1 aromatic carbocycles. The van der Waals surface area contributed by atoms with Gasteiger partial charge in [0.25, 0.3) is 0 Å². The maximum absolute atomic E-state index is 13.8. The minimum atomic E-state index is -0.249. The first-order valence-electron chi connectivity index (χ1n) is 6.24. The van der Waals surface area contributed by atoms with Gasteiger partial charge in [-0.25, -0.2) is 4.39 Å². The summed E-state index contributed by atoms with van der Waals surface area (Å²) in [7, 11) is 1.49. The van der Waals surface area contributed by atoms with Crippen molar-refractivity contribution in [1.82, 2.24) is 5.32 Å². The van der Waals surface area contributed by atoms with Crippen LogP contribution in [0.4, 0.5) is 4.39 Å². The Kier molecular flexibility index (Phi) is 4.00. The van der Waals surface area contributed by atoms with Crippen molar-refractivity contribution in [3.63, 3.8) is 0 Å². The third-order valence-corrected chi connectivity index (χ3v) is 3.47. The summed E-state index contributed by atoms with van der Waals surface area (Å²) >= 11 is 0. The molecule has 1 aliphatic carbocycles. The lowest BCUT2D eigenvalue weighted by molar-refractivity contribution is 0.382. The van der Waals surface area contributed by atoms with Crippen LogP contribution in [0.5, 0.6) is 5.75 Å².